The maximum atomic E-state index is 6.04. The fraction of sp³-hybridized carbons (Fsp3) is 0.231. The molecule has 18 rings (SSSR count). The molecule has 0 saturated heterocycles. The Bertz CT molecular complexity index is 6020. The predicted octanol–water partition coefficient (Wildman–Crippen LogP) is 26.1. The van der Waals surface area contributed by atoms with Gasteiger partial charge in [-0.25, -0.2) is 9.97 Å². The smallest absolute Gasteiger partial charge is 0.252 e. The summed E-state index contributed by atoms with van der Waals surface area (Å²) in [5.74, 6) is 0.710. The molecule has 0 atom stereocenters. The zero-order valence-electron chi connectivity index (χ0n) is 66.7. The summed E-state index contributed by atoms with van der Waals surface area (Å²) in [5, 5.41) is 5.97. The number of hydrogen-bond acceptors (Lipinski definition) is 2. The number of para-hydroxylation sites is 1. The van der Waals surface area contributed by atoms with Gasteiger partial charge in [-0.05, 0) is 204 Å². The summed E-state index contributed by atoms with van der Waals surface area (Å²) < 4.78 is 5.45. The molecular weight excluding hydrogens is 1320 g/mol. The highest BCUT2D eigenvalue weighted by atomic mass is 15.0. The molecule has 0 fully saturated rings. The van der Waals surface area contributed by atoms with Crippen molar-refractivity contribution in [3.8, 4) is 101 Å². The fourth-order valence-corrected chi connectivity index (χ4v) is 17.6. The van der Waals surface area contributed by atoms with Crippen LogP contribution in [0.1, 0.15) is 158 Å². The molecule has 0 bridgehead atoms. The summed E-state index contributed by atoms with van der Waals surface area (Å²) in [6.45, 7) is 42.1. The zero-order valence-corrected chi connectivity index (χ0v) is 66.7. The van der Waals surface area contributed by atoms with Gasteiger partial charge in [0.15, 0.2) is 5.82 Å². The van der Waals surface area contributed by atoms with Crippen molar-refractivity contribution < 1.29 is 0 Å². The first-order valence-electron chi connectivity index (χ1n) is 39.3. The first-order chi connectivity index (χ1) is 51.8. The van der Waals surface area contributed by atoms with Crippen LogP contribution in [0.5, 0.6) is 0 Å². The molecule has 16 aromatic rings. The van der Waals surface area contributed by atoms with Crippen LogP contribution in [-0.2, 0) is 32.5 Å². The normalized spacial score (nSPS) is 13.2. The van der Waals surface area contributed by atoms with Gasteiger partial charge in [-0.2, -0.15) is 0 Å². The minimum absolute atomic E-state index is 0.127. The molecule has 5 heteroatoms. The van der Waals surface area contributed by atoms with Crippen LogP contribution in [0.2, 0.25) is 0 Å². The van der Waals surface area contributed by atoms with E-state index in [1.54, 1.807) is 0 Å². The van der Waals surface area contributed by atoms with Crippen LogP contribution in [0.15, 0.2) is 261 Å². The van der Waals surface area contributed by atoms with E-state index in [1.807, 2.05) is 0 Å². The summed E-state index contributed by atoms with van der Waals surface area (Å²) in [4.78, 5) is 11.7. The predicted molar refractivity (Wildman–Crippen MR) is 469 cm³/mol. The van der Waals surface area contributed by atoms with Gasteiger partial charge < -0.3 is 9.13 Å². The summed E-state index contributed by atoms with van der Waals surface area (Å²) in [6, 6.07) is 101. The van der Waals surface area contributed by atoms with Gasteiger partial charge in [0.25, 0.3) is 6.71 Å². The number of fused-ring (bicyclic) bond motifs is 11. The molecule has 0 N–H and O–H groups in total. The molecule has 109 heavy (non-hydrogen) atoms. The van der Waals surface area contributed by atoms with Gasteiger partial charge in [0.2, 0.25) is 0 Å². The third-order valence-electron chi connectivity index (χ3n) is 23.7. The molecule has 0 aliphatic carbocycles. The van der Waals surface area contributed by atoms with Gasteiger partial charge >= 0.3 is 0 Å². The zero-order chi connectivity index (χ0) is 75.9. The highest BCUT2D eigenvalue weighted by Gasteiger charge is 2.44. The monoisotopic (exact) mass is 1410 g/mol. The van der Waals surface area contributed by atoms with Crippen molar-refractivity contribution in [2.24, 2.45) is 0 Å². The van der Waals surface area contributed by atoms with E-state index in [0.717, 1.165) is 61.3 Å². The van der Waals surface area contributed by atoms with E-state index < -0.39 is 0 Å². The molecule has 536 valence electrons. The van der Waals surface area contributed by atoms with Crippen LogP contribution in [0.25, 0.3) is 155 Å². The van der Waals surface area contributed by atoms with E-state index in [2.05, 4.69) is 395 Å². The molecule has 0 spiro atoms. The number of nitrogens with zero attached hydrogens (tertiary/aromatic N) is 4. The van der Waals surface area contributed by atoms with Crippen LogP contribution in [0.4, 0.5) is 0 Å². The number of benzene rings is 13. The first kappa shape index (κ1) is 69.6. The lowest BCUT2D eigenvalue weighted by molar-refractivity contribution is 0.568. The third kappa shape index (κ3) is 11.6. The minimum Gasteiger partial charge on any atom is -0.310 e. The van der Waals surface area contributed by atoms with Gasteiger partial charge in [-0.3, -0.25) is 0 Å². The summed E-state index contributed by atoms with van der Waals surface area (Å²) in [6.07, 6.45) is 0. The van der Waals surface area contributed by atoms with Crippen LogP contribution in [-0.4, -0.2) is 25.8 Å². The molecule has 0 radical (unpaired) electrons. The SMILES string of the molecule is CC(C)(C)c1cc(-c2nc(-c3cc4c5c(c3)-n3c6cc(-c7ccccc7)cc(-c7ccccc7)c6c6c(-c7cc(C(C)(C)C)cc(C(C)(C)C)c7)ccc(c63)B5c3ccc(-c5cc(C(C)(C)C)cc(C(C)(C)C)c5)c5c6c(-c7ccccc7)cc(-c7ccccc7)cc6n-4c35)c3ccccc3n2)cc(C(C)(C)C)c1. The number of hydrogen-bond donors (Lipinski definition) is 0. The molecule has 2 aliphatic heterocycles. The Labute approximate surface area is 644 Å². The van der Waals surface area contributed by atoms with E-state index in [4.69, 9.17) is 9.97 Å². The van der Waals surface area contributed by atoms with Crippen molar-refractivity contribution >= 4 is 77.6 Å². The van der Waals surface area contributed by atoms with Crippen molar-refractivity contribution in [1.29, 1.82) is 0 Å². The number of aromatic nitrogens is 4. The van der Waals surface area contributed by atoms with Gasteiger partial charge in [-0.1, -0.05) is 331 Å². The van der Waals surface area contributed by atoms with E-state index >= 15 is 0 Å². The summed E-state index contributed by atoms with van der Waals surface area (Å²) in [5.41, 5.74) is 36.0. The molecule has 0 unspecified atom stereocenters. The topological polar surface area (TPSA) is 35.6 Å². The standard InChI is InChI=1S/C104H97BN4/c1-99(2,3)72-47-68(48-73(59-72)100(4,5)6)78-43-45-83-96-92(78)90-81(64-37-27-21-28-38-64)53-66(62-33-23-19-24-34-62)55-86(90)108(96)88-57-70(95-80-41-31-32-42-85(80)106-98(107-95)71-51-76(103(13,14)15)61-77(52-71)104(16,17)18)58-89-94(88)105(83)84-46-44-79(69-49-74(101(7,8)9)60-75(50-69)102(10,11)12)93-91-82(65-39-29-22-30-40-65)54-67(63-35-25-20-26-36-63)56-87(91)109(89)97(84)93/h19-61H,1-18H3. The van der Waals surface area contributed by atoms with E-state index in [0.29, 0.717) is 5.82 Å². The molecule has 0 amide bonds. The Morgan fingerprint density at radius 1 is 0.257 bits per heavy atom. The van der Waals surface area contributed by atoms with Crippen molar-refractivity contribution in [1.82, 2.24) is 19.1 Å². The van der Waals surface area contributed by atoms with E-state index in [-0.39, 0.29) is 39.2 Å². The fourth-order valence-electron chi connectivity index (χ4n) is 17.6. The van der Waals surface area contributed by atoms with E-state index in [9.17, 15) is 0 Å². The van der Waals surface area contributed by atoms with E-state index in [1.165, 1.54) is 138 Å². The largest absolute Gasteiger partial charge is 0.310 e. The quantitative estimate of drug-likeness (QED) is 0.142. The Morgan fingerprint density at radius 3 is 0.963 bits per heavy atom. The Kier molecular flexibility index (Phi) is 15.8. The minimum atomic E-state index is -0.228. The van der Waals surface area contributed by atoms with Crippen LogP contribution < -0.4 is 16.4 Å². The van der Waals surface area contributed by atoms with Crippen LogP contribution in [0.3, 0.4) is 0 Å². The molecule has 0 saturated carbocycles. The molecule has 5 heterocycles. The second kappa shape index (κ2) is 24.7. The van der Waals surface area contributed by atoms with Gasteiger partial charge in [0.05, 0.1) is 33.3 Å². The Balaban J connectivity index is 1.08. The highest BCUT2D eigenvalue weighted by molar-refractivity contribution is 7.00. The molecule has 4 nitrogen and oxygen atoms in total. The lowest BCUT2D eigenvalue weighted by atomic mass is 9.34. The van der Waals surface area contributed by atoms with Crippen molar-refractivity contribution in [3.05, 3.63) is 294 Å². The second-order valence-electron chi connectivity index (χ2n) is 37.5. The van der Waals surface area contributed by atoms with Crippen molar-refractivity contribution in [3.63, 3.8) is 0 Å². The lowest BCUT2D eigenvalue weighted by Crippen LogP contribution is -2.59. The van der Waals surface area contributed by atoms with Crippen LogP contribution >= 0.6 is 0 Å². The summed E-state index contributed by atoms with van der Waals surface area (Å²) in [7, 11) is 0. The van der Waals surface area contributed by atoms with Gasteiger partial charge in [-0.15, -0.1) is 0 Å². The second-order valence-corrected chi connectivity index (χ2v) is 37.5. The first-order valence-corrected chi connectivity index (χ1v) is 39.3. The van der Waals surface area contributed by atoms with Gasteiger partial charge in [0.1, 0.15) is 0 Å². The average Bonchev–Trinajstić information content (AvgIpc) is 1.53. The lowest BCUT2D eigenvalue weighted by Gasteiger charge is -2.35. The molecule has 3 aromatic heterocycles. The average molecular weight is 1410 g/mol. The van der Waals surface area contributed by atoms with Gasteiger partial charge in [0, 0.05) is 49.4 Å². The molecule has 2 aliphatic rings. The third-order valence-corrected chi connectivity index (χ3v) is 23.7. The maximum Gasteiger partial charge on any atom is 0.252 e. The highest BCUT2D eigenvalue weighted by Crippen LogP contribution is 2.52. The van der Waals surface area contributed by atoms with Crippen molar-refractivity contribution in [2.75, 3.05) is 0 Å². The van der Waals surface area contributed by atoms with Crippen molar-refractivity contribution in [2.45, 2.75) is 157 Å². The molecule has 13 aromatic carbocycles. The maximum absolute atomic E-state index is 6.04. The Hall–Kier alpha value is -11.1. The van der Waals surface area contributed by atoms with Crippen LogP contribution in [0, 0.1) is 0 Å². The summed E-state index contributed by atoms with van der Waals surface area (Å²) >= 11 is 0. The Morgan fingerprint density at radius 2 is 0.596 bits per heavy atom. The molecular formula is C104H97BN4. The number of rotatable bonds is 8.